The molecule has 0 aliphatic heterocycles. The molecule has 1 atom stereocenters. The van der Waals surface area contributed by atoms with Crippen molar-refractivity contribution in [3.05, 3.63) is 59.7 Å². The molecule has 2 aromatic carbocycles. The van der Waals surface area contributed by atoms with Crippen molar-refractivity contribution >= 4 is 28.4 Å². The van der Waals surface area contributed by atoms with Crippen molar-refractivity contribution in [3.8, 4) is 0 Å². The molecule has 0 spiro atoms. The Hall–Kier alpha value is -2.47. The van der Waals surface area contributed by atoms with Crippen molar-refractivity contribution in [3.63, 3.8) is 0 Å². The molecule has 0 aromatic heterocycles. The van der Waals surface area contributed by atoms with Crippen LogP contribution in [-0.4, -0.2) is 28.9 Å². The van der Waals surface area contributed by atoms with Gasteiger partial charge in [-0.25, -0.2) is 4.79 Å². The predicted molar refractivity (Wildman–Crippen MR) is 93.7 cm³/mol. The summed E-state index contributed by atoms with van der Waals surface area (Å²) in [4.78, 5) is 24.6. The average Bonchev–Trinajstić information content (AvgIpc) is 2.60. The molecule has 0 saturated carbocycles. The van der Waals surface area contributed by atoms with Crippen LogP contribution in [0, 0.1) is 0 Å². The van der Waals surface area contributed by atoms with Gasteiger partial charge in [-0.05, 0) is 55.0 Å². The van der Waals surface area contributed by atoms with Gasteiger partial charge in [0.05, 0.1) is 12.2 Å². The fourth-order valence-electron chi connectivity index (χ4n) is 1.97. The lowest BCUT2D eigenvalue weighted by Gasteiger charge is -2.07. The molecule has 1 unspecified atom stereocenters. The van der Waals surface area contributed by atoms with Gasteiger partial charge in [0.1, 0.15) is 0 Å². The number of rotatable bonds is 6. The normalized spacial score (nSPS) is 11.6. The van der Waals surface area contributed by atoms with E-state index in [-0.39, 0.29) is 11.9 Å². The summed E-state index contributed by atoms with van der Waals surface area (Å²) in [6.45, 7) is 2.31. The fourth-order valence-corrected chi connectivity index (χ4v) is 2.49. The van der Waals surface area contributed by atoms with E-state index < -0.39 is 10.8 Å². The maximum Gasteiger partial charge on any atom is 0.338 e. The number of carbonyl (C=O) groups excluding carboxylic acids is 2. The number of ether oxygens (including phenoxy) is 1. The van der Waals surface area contributed by atoms with Crippen molar-refractivity contribution in [2.45, 2.75) is 18.2 Å². The minimum Gasteiger partial charge on any atom is -0.462 e. The summed E-state index contributed by atoms with van der Waals surface area (Å²) in [5.41, 5.74) is 1.49. The Kier molecular flexibility index (Phi) is 6.26. The Bertz CT molecular complexity index is 739. The second-order valence-corrected chi connectivity index (χ2v) is 6.53. The highest BCUT2D eigenvalue weighted by molar-refractivity contribution is 7.84. The Morgan fingerprint density at radius 2 is 1.58 bits per heavy atom. The molecule has 1 N–H and O–H groups in total. The van der Waals surface area contributed by atoms with E-state index in [1.54, 1.807) is 54.8 Å². The molecule has 1 amide bonds. The van der Waals surface area contributed by atoms with E-state index in [9.17, 15) is 13.8 Å². The zero-order valence-electron chi connectivity index (χ0n) is 13.6. The summed E-state index contributed by atoms with van der Waals surface area (Å²) in [7, 11) is -1.07. The largest absolute Gasteiger partial charge is 0.462 e. The van der Waals surface area contributed by atoms with E-state index in [0.29, 0.717) is 28.3 Å². The first-order valence-corrected chi connectivity index (χ1v) is 9.09. The van der Waals surface area contributed by atoms with E-state index in [1.165, 1.54) is 0 Å². The molecular weight excluding hydrogens is 326 g/mol. The van der Waals surface area contributed by atoms with Crippen LogP contribution in [0.1, 0.15) is 34.1 Å². The molecule has 2 aromatic rings. The molecule has 5 nitrogen and oxygen atoms in total. The first kappa shape index (κ1) is 17.9. The molecule has 6 heteroatoms. The van der Waals surface area contributed by atoms with Gasteiger partial charge in [0, 0.05) is 33.2 Å². The minimum absolute atomic E-state index is 0.273. The maximum absolute atomic E-state index is 12.2. The van der Waals surface area contributed by atoms with E-state index in [4.69, 9.17) is 4.74 Å². The summed E-state index contributed by atoms with van der Waals surface area (Å²) in [5, 5.41) is 2.75. The van der Waals surface area contributed by atoms with Crippen molar-refractivity contribution in [1.29, 1.82) is 0 Å². The van der Waals surface area contributed by atoms with Crippen molar-refractivity contribution in [2.75, 3.05) is 18.2 Å². The highest BCUT2D eigenvalue weighted by Crippen LogP contribution is 2.13. The molecule has 24 heavy (non-hydrogen) atoms. The Labute approximate surface area is 143 Å². The second kappa shape index (κ2) is 8.40. The Balaban J connectivity index is 2.01. The van der Waals surface area contributed by atoms with E-state index in [2.05, 4.69) is 5.32 Å². The monoisotopic (exact) mass is 345 g/mol. The Morgan fingerprint density at radius 1 is 1.00 bits per heavy atom. The third-order valence-corrected chi connectivity index (χ3v) is 4.20. The number of carbonyl (C=O) groups is 2. The van der Waals surface area contributed by atoms with Crippen LogP contribution in [0.15, 0.2) is 53.4 Å². The predicted octanol–water partition coefficient (Wildman–Crippen LogP) is 3.24. The number of hydrogen-bond donors (Lipinski definition) is 1. The molecule has 0 heterocycles. The number of benzene rings is 2. The third kappa shape index (κ3) is 4.76. The van der Waals surface area contributed by atoms with E-state index >= 15 is 0 Å². The van der Waals surface area contributed by atoms with Crippen molar-refractivity contribution in [1.82, 2.24) is 0 Å². The SMILES string of the molecule is CCCOC(=O)c1ccc(NC(=O)c2ccc(S(C)=O)cc2)cc1. The van der Waals surface area contributed by atoms with Crippen LogP contribution in [0.25, 0.3) is 0 Å². The first-order valence-electron chi connectivity index (χ1n) is 7.53. The number of nitrogens with one attached hydrogen (secondary N) is 1. The smallest absolute Gasteiger partial charge is 0.338 e. The third-order valence-electron chi connectivity index (χ3n) is 3.26. The quantitative estimate of drug-likeness (QED) is 0.816. The molecular formula is C18H19NO4S. The van der Waals surface area contributed by atoms with Gasteiger partial charge in [-0.15, -0.1) is 0 Å². The summed E-state index contributed by atoms with van der Waals surface area (Å²) in [5.74, 6) is -0.650. The Morgan fingerprint density at radius 3 is 2.12 bits per heavy atom. The van der Waals surface area contributed by atoms with Crippen molar-refractivity contribution < 1.29 is 18.5 Å². The molecule has 0 fully saturated rings. The summed E-state index contributed by atoms with van der Waals surface area (Å²) >= 11 is 0. The maximum atomic E-state index is 12.2. The summed E-state index contributed by atoms with van der Waals surface area (Å²) in [6.07, 6.45) is 2.35. The van der Waals surface area contributed by atoms with E-state index in [1.807, 2.05) is 6.92 Å². The highest BCUT2D eigenvalue weighted by atomic mass is 32.2. The molecule has 126 valence electrons. The van der Waals surface area contributed by atoms with E-state index in [0.717, 1.165) is 6.42 Å². The summed E-state index contributed by atoms with van der Waals surface area (Å²) < 4.78 is 16.4. The standard InChI is InChI=1S/C18H19NO4S/c1-3-12-23-18(21)14-4-8-15(9-5-14)19-17(20)13-6-10-16(11-7-13)24(2)22/h4-11H,3,12H2,1-2H3,(H,19,20). The van der Waals surface area contributed by atoms with Gasteiger partial charge >= 0.3 is 5.97 Å². The molecule has 0 aliphatic carbocycles. The van der Waals surface area contributed by atoms with Gasteiger partial charge in [0.15, 0.2) is 0 Å². The topological polar surface area (TPSA) is 72.5 Å². The van der Waals surface area contributed by atoms with Gasteiger partial charge in [-0.3, -0.25) is 9.00 Å². The first-order chi connectivity index (χ1) is 11.5. The highest BCUT2D eigenvalue weighted by Gasteiger charge is 2.09. The second-order valence-electron chi connectivity index (χ2n) is 5.15. The van der Waals surface area contributed by atoms with Gasteiger partial charge in [0.2, 0.25) is 0 Å². The lowest BCUT2D eigenvalue weighted by molar-refractivity contribution is 0.0505. The van der Waals surface area contributed by atoms with Crippen LogP contribution in [0.4, 0.5) is 5.69 Å². The van der Waals surface area contributed by atoms with Crippen LogP contribution >= 0.6 is 0 Å². The number of amides is 1. The zero-order chi connectivity index (χ0) is 17.5. The van der Waals surface area contributed by atoms with Gasteiger partial charge in [-0.2, -0.15) is 0 Å². The lowest BCUT2D eigenvalue weighted by atomic mass is 10.2. The lowest BCUT2D eigenvalue weighted by Crippen LogP contribution is -2.12. The zero-order valence-corrected chi connectivity index (χ0v) is 14.4. The van der Waals surface area contributed by atoms with Crippen LogP contribution in [0.2, 0.25) is 0 Å². The molecule has 0 radical (unpaired) electrons. The van der Waals surface area contributed by atoms with Crippen molar-refractivity contribution in [2.24, 2.45) is 0 Å². The number of anilines is 1. The molecule has 0 aliphatic rings. The minimum atomic E-state index is -1.07. The summed E-state index contributed by atoms with van der Waals surface area (Å²) in [6, 6.07) is 13.1. The van der Waals surface area contributed by atoms with Crippen LogP contribution < -0.4 is 5.32 Å². The van der Waals surface area contributed by atoms with Crippen LogP contribution in [-0.2, 0) is 15.5 Å². The van der Waals surface area contributed by atoms with Gasteiger partial charge < -0.3 is 10.1 Å². The van der Waals surface area contributed by atoms with Crippen LogP contribution in [0.5, 0.6) is 0 Å². The van der Waals surface area contributed by atoms with Crippen LogP contribution in [0.3, 0.4) is 0 Å². The van der Waals surface area contributed by atoms with Gasteiger partial charge in [0.25, 0.3) is 5.91 Å². The number of hydrogen-bond acceptors (Lipinski definition) is 4. The molecule has 0 bridgehead atoms. The number of esters is 1. The van der Waals surface area contributed by atoms with Gasteiger partial charge in [-0.1, -0.05) is 6.92 Å². The average molecular weight is 345 g/mol. The molecule has 0 saturated heterocycles. The fraction of sp³-hybridized carbons (Fsp3) is 0.222. The molecule has 2 rings (SSSR count).